The predicted molar refractivity (Wildman–Crippen MR) is 91.2 cm³/mol. The van der Waals surface area contributed by atoms with Gasteiger partial charge in [0.05, 0.1) is 11.1 Å². The Bertz CT molecular complexity index is 946. The molecule has 25 heavy (non-hydrogen) atoms. The fourth-order valence-corrected chi connectivity index (χ4v) is 3.04. The van der Waals surface area contributed by atoms with E-state index < -0.39 is 11.6 Å². The number of hydrogen-bond acceptors (Lipinski definition) is 4. The van der Waals surface area contributed by atoms with Gasteiger partial charge in [-0.3, -0.25) is 4.98 Å². The van der Waals surface area contributed by atoms with E-state index in [4.69, 9.17) is 9.47 Å². The summed E-state index contributed by atoms with van der Waals surface area (Å²) in [4.78, 5) is 5.83. The quantitative estimate of drug-likeness (QED) is 0.723. The van der Waals surface area contributed by atoms with Gasteiger partial charge in [0.25, 0.3) is 0 Å². The highest BCUT2D eigenvalue weighted by atomic mass is 19.1. The van der Waals surface area contributed by atoms with E-state index in [1.807, 2.05) is 30.1 Å². The SMILES string of the molecule is CN(Cc1ccc2c(c1)OCCO2)c1ccnc2c(F)ccc(F)c12. The second-order valence-corrected chi connectivity index (χ2v) is 5.92. The molecule has 2 heterocycles. The van der Waals surface area contributed by atoms with Crippen LogP contribution in [0.3, 0.4) is 0 Å². The predicted octanol–water partition coefficient (Wildman–Crippen LogP) is 3.92. The Labute approximate surface area is 143 Å². The van der Waals surface area contributed by atoms with Gasteiger partial charge in [0, 0.05) is 19.8 Å². The van der Waals surface area contributed by atoms with Gasteiger partial charge in [-0.2, -0.15) is 0 Å². The molecule has 0 fully saturated rings. The van der Waals surface area contributed by atoms with Crippen molar-refractivity contribution < 1.29 is 18.3 Å². The van der Waals surface area contributed by atoms with E-state index in [1.165, 1.54) is 6.20 Å². The normalized spacial score (nSPS) is 13.1. The molecule has 4 nitrogen and oxygen atoms in total. The van der Waals surface area contributed by atoms with E-state index in [0.29, 0.717) is 31.2 Å². The van der Waals surface area contributed by atoms with Crippen LogP contribution >= 0.6 is 0 Å². The maximum atomic E-state index is 14.3. The van der Waals surface area contributed by atoms with Crippen LogP contribution in [0.25, 0.3) is 10.9 Å². The molecule has 0 saturated carbocycles. The van der Waals surface area contributed by atoms with Crippen molar-refractivity contribution in [1.29, 1.82) is 0 Å². The highest BCUT2D eigenvalue weighted by Gasteiger charge is 2.16. The van der Waals surface area contributed by atoms with Crippen LogP contribution in [0.5, 0.6) is 11.5 Å². The maximum Gasteiger partial charge on any atom is 0.161 e. The smallest absolute Gasteiger partial charge is 0.161 e. The third-order valence-corrected chi connectivity index (χ3v) is 4.21. The summed E-state index contributed by atoms with van der Waals surface area (Å²) < 4.78 is 39.3. The minimum absolute atomic E-state index is 0.0338. The van der Waals surface area contributed by atoms with Crippen molar-refractivity contribution in [3.63, 3.8) is 0 Å². The molecule has 0 spiro atoms. The highest BCUT2D eigenvalue weighted by Crippen LogP contribution is 2.33. The number of halogens is 2. The molecule has 0 unspecified atom stereocenters. The molecule has 1 aliphatic rings. The van der Waals surface area contributed by atoms with Gasteiger partial charge in [-0.25, -0.2) is 8.78 Å². The first kappa shape index (κ1) is 15.6. The van der Waals surface area contributed by atoms with E-state index in [2.05, 4.69) is 4.98 Å². The van der Waals surface area contributed by atoms with Crippen molar-refractivity contribution in [3.05, 3.63) is 59.8 Å². The fourth-order valence-electron chi connectivity index (χ4n) is 3.04. The minimum atomic E-state index is -0.536. The Morgan fingerprint density at radius 2 is 1.76 bits per heavy atom. The van der Waals surface area contributed by atoms with Gasteiger partial charge in [0.1, 0.15) is 30.4 Å². The molecule has 0 bridgehead atoms. The molecule has 3 aromatic rings. The lowest BCUT2D eigenvalue weighted by atomic mass is 10.1. The molecule has 0 radical (unpaired) electrons. The summed E-state index contributed by atoms with van der Waals surface area (Å²) in [5.74, 6) is 0.397. The number of pyridine rings is 1. The lowest BCUT2D eigenvalue weighted by molar-refractivity contribution is 0.171. The number of ether oxygens (including phenoxy) is 2. The van der Waals surface area contributed by atoms with Crippen LogP contribution in [0.2, 0.25) is 0 Å². The third-order valence-electron chi connectivity index (χ3n) is 4.21. The second kappa shape index (κ2) is 6.20. The number of nitrogens with zero attached hydrogens (tertiary/aromatic N) is 2. The first-order valence-electron chi connectivity index (χ1n) is 7.96. The summed E-state index contributed by atoms with van der Waals surface area (Å²) in [5.41, 5.74) is 1.59. The van der Waals surface area contributed by atoms with Crippen LogP contribution in [0, 0.1) is 11.6 Å². The third kappa shape index (κ3) is 2.84. The summed E-state index contributed by atoms with van der Waals surface area (Å²) in [6.45, 7) is 1.57. The van der Waals surface area contributed by atoms with Gasteiger partial charge in [0.2, 0.25) is 0 Å². The zero-order chi connectivity index (χ0) is 17.4. The van der Waals surface area contributed by atoms with Crippen LogP contribution in [0.1, 0.15) is 5.56 Å². The molecule has 1 aromatic heterocycles. The zero-order valence-electron chi connectivity index (χ0n) is 13.6. The molecule has 128 valence electrons. The van der Waals surface area contributed by atoms with E-state index in [-0.39, 0.29) is 10.9 Å². The minimum Gasteiger partial charge on any atom is -0.486 e. The Kier molecular flexibility index (Phi) is 3.87. The molecular weight excluding hydrogens is 326 g/mol. The lowest BCUT2D eigenvalue weighted by Gasteiger charge is -2.23. The van der Waals surface area contributed by atoms with Gasteiger partial charge in [-0.05, 0) is 35.9 Å². The van der Waals surface area contributed by atoms with E-state index in [0.717, 1.165) is 23.4 Å². The van der Waals surface area contributed by atoms with Gasteiger partial charge in [-0.1, -0.05) is 6.07 Å². The molecule has 0 saturated heterocycles. The lowest BCUT2D eigenvalue weighted by Crippen LogP contribution is -2.19. The van der Waals surface area contributed by atoms with E-state index in [9.17, 15) is 8.78 Å². The summed E-state index contributed by atoms with van der Waals surface area (Å²) in [6.07, 6.45) is 1.49. The molecule has 0 N–H and O–H groups in total. The van der Waals surface area contributed by atoms with E-state index in [1.54, 1.807) is 6.07 Å². The van der Waals surface area contributed by atoms with Gasteiger partial charge in [-0.15, -0.1) is 0 Å². The molecule has 6 heteroatoms. The van der Waals surface area contributed by atoms with Crippen molar-refractivity contribution in [1.82, 2.24) is 4.98 Å². The molecule has 4 rings (SSSR count). The van der Waals surface area contributed by atoms with Crippen LogP contribution in [0.15, 0.2) is 42.6 Å². The summed E-state index contributed by atoms with van der Waals surface area (Å²) in [7, 11) is 1.83. The van der Waals surface area contributed by atoms with Crippen molar-refractivity contribution >= 4 is 16.6 Å². The van der Waals surface area contributed by atoms with Crippen LogP contribution in [-0.4, -0.2) is 25.2 Å². The van der Waals surface area contributed by atoms with Crippen molar-refractivity contribution in [2.75, 3.05) is 25.2 Å². The van der Waals surface area contributed by atoms with Crippen LogP contribution < -0.4 is 14.4 Å². The second-order valence-electron chi connectivity index (χ2n) is 5.92. The summed E-state index contributed by atoms with van der Waals surface area (Å²) >= 11 is 0. The van der Waals surface area contributed by atoms with Crippen molar-refractivity contribution in [2.45, 2.75) is 6.54 Å². The molecule has 0 atom stereocenters. The Morgan fingerprint density at radius 3 is 2.60 bits per heavy atom. The number of aromatic nitrogens is 1. The van der Waals surface area contributed by atoms with E-state index >= 15 is 0 Å². The number of rotatable bonds is 3. The number of hydrogen-bond donors (Lipinski definition) is 0. The summed E-state index contributed by atoms with van der Waals surface area (Å²) in [5, 5.41) is 0.183. The van der Waals surface area contributed by atoms with Crippen molar-refractivity contribution in [3.8, 4) is 11.5 Å². The van der Waals surface area contributed by atoms with Gasteiger partial charge >= 0.3 is 0 Å². The van der Waals surface area contributed by atoms with Crippen molar-refractivity contribution in [2.24, 2.45) is 0 Å². The van der Waals surface area contributed by atoms with Gasteiger partial charge < -0.3 is 14.4 Å². The Morgan fingerprint density at radius 1 is 1.00 bits per heavy atom. The topological polar surface area (TPSA) is 34.6 Å². The number of benzene rings is 2. The fraction of sp³-hybridized carbons (Fsp3) is 0.211. The molecule has 0 amide bonds. The average molecular weight is 342 g/mol. The molecule has 2 aromatic carbocycles. The maximum absolute atomic E-state index is 14.3. The molecular formula is C19H16F2N2O2. The highest BCUT2D eigenvalue weighted by molar-refractivity contribution is 5.92. The summed E-state index contributed by atoms with van der Waals surface area (Å²) in [6, 6.07) is 9.61. The largest absolute Gasteiger partial charge is 0.486 e. The van der Waals surface area contributed by atoms with Gasteiger partial charge in [0.15, 0.2) is 11.5 Å². The Balaban J connectivity index is 1.69. The number of anilines is 1. The number of fused-ring (bicyclic) bond motifs is 2. The average Bonchev–Trinajstić information content (AvgIpc) is 2.64. The first-order valence-corrected chi connectivity index (χ1v) is 7.96. The van der Waals surface area contributed by atoms with Crippen LogP contribution in [0.4, 0.5) is 14.5 Å². The molecule has 0 aliphatic carbocycles. The molecule has 1 aliphatic heterocycles. The monoisotopic (exact) mass is 342 g/mol. The standard InChI is InChI=1S/C19H16F2N2O2/c1-23(11-12-2-5-16-17(10-12)25-9-8-24-16)15-6-7-22-19-14(21)4-3-13(20)18(15)19/h2-7,10H,8-9,11H2,1H3. The zero-order valence-corrected chi connectivity index (χ0v) is 13.6. The van der Waals surface area contributed by atoms with Crippen LogP contribution in [-0.2, 0) is 6.54 Å². The first-order chi connectivity index (χ1) is 12.1. The Hall–Kier alpha value is -2.89.